The molecule has 1 radical (unpaired) electrons. The average Bonchev–Trinajstić information content (AvgIpc) is 2.18. The SMILES string of the molecule is C=C(C)C(=O)[O-].C=C(C)C(=O)[O-].C=C(C)C(=O)[O-].[Fe+3].[H-].[K+]. The molecule has 0 aliphatic heterocycles. The molecule has 0 saturated carbocycles. The molecule has 0 aromatic heterocycles. The second-order valence-electron chi connectivity index (χ2n) is 3.20. The summed E-state index contributed by atoms with van der Waals surface area (Å²) in [5, 5.41) is 28.5. The van der Waals surface area contributed by atoms with Gasteiger partial charge in [-0.2, -0.15) is 0 Å². The molecule has 6 nitrogen and oxygen atoms in total. The molecular formula is C12H16FeKO6. The molecule has 0 rings (SSSR count). The molecule has 0 N–H and O–H groups in total. The molecule has 0 unspecified atom stereocenters. The average molecular weight is 351 g/mol. The summed E-state index contributed by atoms with van der Waals surface area (Å²) in [6, 6.07) is 0. The monoisotopic (exact) mass is 351 g/mol. The third-order valence-electron chi connectivity index (χ3n) is 1.05. The maximum absolute atomic E-state index is 9.49. The van der Waals surface area contributed by atoms with E-state index < -0.39 is 17.9 Å². The number of aliphatic carboxylic acids is 3. The van der Waals surface area contributed by atoms with Crippen LogP contribution in [0.4, 0.5) is 0 Å². The Balaban J connectivity index is -0.0000000375. The van der Waals surface area contributed by atoms with Crippen molar-refractivity contribution in [3.8, 4) is 0 Å². The first-order valence-electron chi connectivity index (χ1n) is 4.54. The van der Waals surface area contributed by atoms with Crippen LogP contribution in [0.3, 0.4) is 0 Å². The van der Waals surface area contributed by atoms with E-state index in [0.717, 1.165) is 0 Å². The van der Waals surface area contributed by atoms with Gasteiger partial charge in [-0.1, -0.05) is 19.7 Å². The molecule has 0 aliphatic rings. The number of carbonyl (C=O) groups is 3. The van der Waals surface area contributed by atoms with Gasteiger partial charge in [-0.25, -0.2) is 0 Å². The Hall–Kier alpha value is -0.214. The maximum Gasteiger partial charge on any atom is 3.00 e. The van der Waals surface area contributed by atoms with Gasteiger partial charge in [-0.15, -0.1) is 0 Å². The van der Waals surface area contributed by atoms with Crippen LogP contribution in [0.15, 0.2) is 36.5 Å². The van der Waals surface area contributed by atoms with Crippen LogP contribution in [-0.4, -0.2) is 17.9 Å². The number of hydrogen-bond acceptors (Lipinski definition) is 6. The van der Waals surface area contributed by atoms with E-state index in [-0.39, 0.29) is 86.6 Å². The smallest absolute Gasteiger partial charge is 1.00 e. The van der Waals surface area contributed by atoms with Gasteiger partial charge in [0.15, 0.2) is 0 Å². The summed E-state index contributed by atoms with van der Waals surface area (Å²) < 4.78 is 0. The summed E-state index contributed by atoms with van der Waals surface area (Å²) >= 11 is 0. The van der Waals surface area contributed by atoms with Gasteiger partial charge in [0.1, 0.15) is 0 Å². The molecule has 0 heterocycles. The van der Waals surface area contributed by atoms with Crippen LogP contribution in [0.5, 0.6) is 0 Å². The number of hydrogen-bond donors (Lipinski definition) is 0. The molecular weight excluding hydrogens is 335 g/mol. The minimum Gasteiger partial charge on any atom is -1.00 e. The first-order valence-corrected chi connectivity index (χ1v) is 4.54. The second-order valence-corrected chi connectivity index (χ2v) is 3.20. The fourth-order valence-corrected chi connectivity index (χ4v) is 0. The predicted molar refractivity (Wildman–Crippen MR) is 60.6 cm³/mol. The Morgan fingerprint density at radius 3 is 0.750 bits per heavy atom. The molecule has 109 valence electrons. The van der Waals surface area contributed by atoms with Crippen LogP contribution in [0.2, 0.25) is 0 Å². The van der Waals surface area contributed by atoms with E-state index in [1.807, 2.05) is 0 Å². The number of carboxylic acid groups (broad SMARTS) is 3. The third kappa shape index (κ3) is 36.1. The standard InChI is InChI=1S/3C4H6O2.Fe.K.H/c3*1-3(2)4(5)6;;;/h3*1H2,2H3,(H,5,6);;;/q;;;+3;+1;-1/p-3. The van der Waals surface area contributed by atoms with Gasteiger partial charge in [0.25, 0.3) is 0 Å². The van der Waals surface area contributed by atoms with Gasteiger partial charge >= 0.3 is 68.5 Å². The predicted octanol–water partition coefficient (Wildman–Crippen LogP) is -4.95. The van der Waals surface area contributed by atoms with E-state index in [4.69, 9.17) is 0 Å². The van der Waals surface area contributed by atoms with Crippen molar-refractivity contribution < 1.29 is 99.6 Å². The first-order chi connectivity index (χ1) is 7.93. The summed E-state index contributed by atoms with van der Waals surface area (Å²) in [5.74, 6) is -3.56. The summed E-state index contributed by atoms with van der Waals surface area (Å²) in [4.78, 5) is 28.5. The molecule has 0 amide bonds. The Morgan fingerprint density at radius 1 is 0.700 bits per heavy atom. The topological polar surface area (TPSA) is 120 Å². The van der Waals surface area contributed by atoms with Crippen molar-refractivity contribution >= 4 is 17.9 Å². The van der Waals surface area contributed by atoms with Crippen LogP contribution >= 0.6 is 0 Å². The minimum atomic E-state index is -1.19. The zero-order valence-corrected chi connectivity index (χ0v) is 16.2. The summed E-state index contributed by atoms with van der Waals surface area (Å²) in [5.41, 5.74) is 0.194. The maximum atomic E-state index is 9.49. The second kappa shape index (κ2) is 18.8. The van der Waals surface area contributed by atoms with Crippen LogP contribution in [0.1, 0.15) is 22.2 Å². The Kier molecular flexibility index (Phi) is 30.0. The van der Waals surface area contributed by atoms with Crippen molar-refractivity contribution in [1.29, 1.82) is 0 Å². The van der Waals surface area contributed by atoms with Gasteiger partial charge in [-0.05, 0) is 37.5 Å². The van der Waals surface area contributed by atoms with Crippen molar-refractivity contribution in [3.05, 3.63) is 36.5 Å². The third-order valence-corrected chi connectivity index (χ3v) is 1.05. The van der Waals surface area contributed by atoms with Gasteiger partial charge in [0, 0.05) is 0 Å². The first kappa shape index (κ1) is 31.9. The number of carboxylic acids is 3. The van der Waals surface area contributed by atoms with Crippen molar-refractivity contribution in [2.24, 2.45) is 0 Å². The van der Waals surface area contributed by atoms with Crippen molar-refractivity contribution in [2.45, 2.75) is 20.8 Å². The largest absolute Gasteiger partial charge is 3.00 e. The van der Waals surface area contributed by atoms with Gasteiger partial charge in [-0.3, -0.25) is 0 Å². The molecule has 0 aromatic rings. The number of carbonyl (C=O) groups excluding carboxylic acids is 3. The van der Waals surface area contributed by atoms with E-state index in [1.54, 1.807) is 0 Å². The van der Waals surface area contributed by atoms with E-state index in [1.165, 1.54) is 20.8 Å². The Morgan fingerprint density at radius 2 is 0.750 bits per heavy atom. The van der Waals surface area contributed by atoms with E-state index in [2.05, 4.69) is 19.7 Å². The minimum absolute atomic E-state index is 0. The molecule has 0 spiro atoms. The van der Waals surface area contributed by atoms with Gasteiger partial charge in [0.05, 0.1) is 17.9 Å². The van der Waals surface area contributed by atoms with Crippen LogP contribution < -0.4 is 66.7 Å². The molecule has 8 heteroatoms. The van der Waals surface area contributed by atoms with Crippen molar-refractivity contribution in [1.82, 2.24) is 0 Å². The molecule has 0 aliphatic carbocycles. The zero-order chi connectivity index (χ0) is 15.5. The van der Waals surface area contributed by atoms with Crippen molar-refractivity contribution in [3.63, 3.8) is 0 Å². The molecule has 20 heavy (non-hydrogen) atoms. The van der Waals surface area contributed by atoms with Gasteiger partial charge < -0.3 is 31.1 Å². The normalized spacial score (nSPS) is 6.75. The molecule has 0 atom stereocenters. The van der Waals surface area contributed by atoms with Crippen LogP contribution in [0, 0.1) is 0 Å². The van der Waals surface area contributed by atoms with E-state index in [9.17, 15) is 29.7 Å². The van der Waals surface area contributed by atoms with Crippen LogP contribution in [-0.2, 0) is 31.5 Å². The fraction of sp³-hybridized carbons (Fsp3) is 0.250. The van der Waals surface area contributed by atoms with Gasteiger partial charge in [0.2, 0.25) is 0 Å². The molecule has 0 bridgehead atoms. The summed E-state index contributed by atoms with van der Waals surface area (Å²) in [6.45, 7) is 13.4. The zero-order valence-electron chi connectivity index (χ0n) is 12.9. The van der Waals surface area contributed by atoms with Crippen molar-refractivity contribution in [2.75, 3.05) is 0 Å². The van der Waals surface area contributed by atoms with E-state index >= 15 is 0 Å². The summed E-state index contributed by atoms with van der Waals surface area (Å²) in [7, 11) is 0. The summed E-state index contributed by atoms with van der Waals surface area (Å²) in [6.07, 6.45) is 0. The van der Waals surface area contributed by atoms with Crippen LogP contribution in [0.25, 0.3) is 0 Å². The quantitative estimate of drug-likeness (QED) is 0.371. The Labute approximate surface area is 173 Å². The Bertz CT molecular complexity index is 289. The molecule has 0 saturated heterocycles. The molecule has 0 fully saturated rings. The fourth-order valence-electron chi connectivity index (χ4n) is 0. The number of rotatable bonds is 3. The molecule has 0 aromatic carbocycles. The van der Waals surface area contributed by atoms with E-state index in [0.29, 0.717) is 0 Å².